The number of carbonyl (C=O) groups is 1. The lowest BCUT2D eigenvalue weighted by atomic mass is 9.94. The molecule has 1 heterocycles. The molecule has 0 radical (unpaired) electrons. The monoisotopic (exact) mass is 367 g/mol. The third-order valence-corrected chi connectivity index (χ3v) is 5.66. The molecule has 2 aromatic carbocycles. The van der Waals surface area contributed by atoms with Crippen LogP contribution in [-0.4, -0.2) is 36.7 Å². The summed E-state index contributed by atoms with van der Waals surface area (Å²) < 4.78 is 10.9. The van der Waals surface area contributed by atoms with Crippen molar-refractivity contribution in [2.45, 2.75) is 38.3 Å². The number of aliphatic hydroxyl groups is 1. The lowest BCUT2D eigenvalue weighted by molar-refractivity contribution is -0.133. The van der Waals surface area contributed by atoms with E-state index in [4.69, 9.17) is 9.47 Å². The van der Waals surface area contributed by atoms with Crippen LogP contribution in [0.15, 0.2) is 30.3 Å². The van der Waals surface area contributed by atoms with Crippen molar-refractivity contribution in [1.82, 2.24) is 4.90 Å². The largest absolute Gasteiger partial charge is 0.496 e. The van der Waals surface area contributed by atoms with Crippen molar-refractivity contribution in [2.75, 3.05) is 20.8 Å². The Morgan fingerprint density at radius 1 is 1.11 bits per heavy atom. The van der Waals surface area contributed by atoms with Gasteiger partial charge in [0.15, 0.2) is 0 Å². The Hall–Kier alpha value is -2.53. The Morgan fingerprint density at radius 2 is 1.85 bits per heavy atom. The number of methoxy groups -OCH3 is 2. The molecule has 0 aromatic heterocycles. The zero-order chi connectivity index (χ0) is 19.0. The van der Waals surface area contributed by atoms with Crippen molar-refractivity contribution in [1.29, 1.82) is 0 Å². The molecule has 0 spiro atoms. The number of nitrogens with zero attached hydrogens (tertiary/aromatic N) is 1. The lowest BCUT2D eigenvalue weighted by Crippen LogP contribution is -2.39. The summed E-state index contributed by atoms with van der Waals surface area (Å²) in [4.78, 5) is 14.6. The minimum atomic E-state index is -0.789. The van der Waals surface area contributed by atoms with Crippen LogP contribution >= 0.6 is 0 Å². The molecule has 1 unspecified atom stereocenters. The molecule has 142 valence electrons. The first-order valence-corrected chi connectivity index (χ1v) is 9.41. The molecule has 1 atom stereocenters. The van der Waals surface area contributed by atoms with Crippen molar-refractivity contribution < 1.29 is 19.4 Å². The molecule has 4 rings (SSSR count). The summed E-state index contributed by atoms with van der Waals surface area (Å²) in [7, 11) is 3.18. The third-order valence-electron chi connectivity index (χ3n) is 5.66. The summed E-state index contributed by atoms with van der Waals surface area (Å²) in [6, 6.07) is 9.99. The van der Waals surface area contributed by atoms with Crippen LogP contribution in [0.5, 0.6) is 11.5 Å². The summed E-state index contributed by atoms with van der Waals surface area (Å²) in [5, 5.41) is 10.7. The van der Waals surface area contributed by atoms with E-state index in [1.54, 1.807) is 25.2 Å². The van der Waals surface area contributed by atoms with E-state index in [9.17, 15) is 9.90 Å². The minimum Gasteiger partial charge on any atom is -0.496 e. The number of hydrogen-bond acceptors (Lipinski definition) is 4. The van der Waals surface area contributed by atoms with Crippen molar-refractivity contribution in [3.05, 3.63) is 58.1 Å². The number of hydrogen-bond donors (Lipinski definition) is 1. The van der Waals surface area contributed by atoms with Gasteiger partial charge in [-0.05, 0) is 48.1 Å². The van der Waals surface area contributed by atoms with E-state index < -0.39 is 6.10 Å². The molecule has 0 bridgehead atoms. The third kappa shape index (κ3) is 3.28. The quantitative estimate of drug-likeness (QED) is 0.903. The highest BCUT2D eigenvalue weighted by molar-refractivity contribution is 5.79. The number of aliphatic hydroxyl groups excluding tert-OH is 1. The first kappa shape index (κ1) is 17.9. The molecule has 27 heavy (non-hydrogen) atoms. The van der Waals surface area contributed by atoms with E-state index in [1.165, 1.54) is 17.5 Å². The summed E-state index contributed by atoms with van der Waals surface area (Å²) in [6.07, 6.45) is 3.00. The van der Waals surface area contributed by atoms with Crippen molar-refractivity contribution >= 4 is 5.91 Å². The van der Waals surface area contributed by atoms with Crippen LogP contribution in [0.25, 0.3) is 0 Å². The molecule has 1 amide bonds. The Morgan fingerprint density at radius 3 is 2.63 bits per heavy atom. The number of rotatable bonds is 4. The van der Waals surface area contributed by atoms with E-state index in [-0.39, 0.29) is 12.5 Å². The molecule has 5 heteroatoms. The number of fused-ring (bicyclic) bond motifs is 2. The fourth-order valence-electron chi connectivity index (χ4n) is 4.29. The van der Waals surface area contributed by atoms with E-state index >= 15 is 0 Å². The van der Waals surface area contributed by atoms with Gasteiger partial charge < -0.3 is 19.5 Å². The molecule has 1 aliphatic carbocycles. The smallest absolute Gasteiger partial charge is 0.227 e. The van der Waals surface area contributed by atoms with Crippen LogP contribution in [0, 0.1) is 0 Å². The van der Waals surface area contributed by atoms with Gasteiger partial charge in [0.2, 0.25) is 5.91 Å². The van der Waals surface area contributed by atoms with Gasteiger partial charge in [-0.2, -0.15) is 0 Å². The molecule has 0 saturated heterocycles. The standard InChI is InChI=1S/C22H25NO4/c1-26-19-8-9-20(27-2)22-17(19)12-23(13-18(22)24)21(25)11-14-6-7-15-4-3-5-16(15)10-14/h6-10,18,24H,3-5,11-13H2,1-2H3. The van der Waals surface area contributed by atoms with Gasteiger partial charge in [0.25, 0.3) is 0 Å². The van der Waals surface area contributed by atoms with Crippen molar-refractivity contribution in [3.63, 3.8) is 0 Å². The molecular formula is C22H25NO4. The second-order valence-corrected chi connectivity index (χ2v) is 7.29. The zero-order valence-corrected chi connectivity index (χ0v) is 15.8. The lowest BCUT2D eigenvalue weighted by Gasteiger charge is -2.34. The molecule has 1 N–H and O–H groups in total. The molecule has 2 aliphatic rings. The summed E-state index contributed by atoms with van der Waals surface area (Å²) in [5.41, 5.74) is 5.36. The summed E-state index contributed by atoms with van der Waals surface area (Å²) in [5.74, 6) is 1.31. The van der Waals surface area contributed by atoms with Gasteiger partial charge in [0.05, 0.1) is 27.2 Å². The fourth-order valence-corrected chi connectivity index (χ4v) is 4.29. The average molecular weight is 367 g/mol. The van der Waals surface area contributed by atoms with Crippen LogP contribution in [0.2, 0.25) is 0 Å². The van der Waals surface area contributed by atoms with Crippen LogP contribution in [0.4, 0.5) is 0 Å². The molecule has 1 aliphatic heterocycles. The molecule has 5 nitrogen and oxygen atoms in total. The Balaban J connectivity index is 1.56. The highest BCUT2D eigenvalue weighted by Crippen LogP contribution is 2.39. The first-order chi connectivity index (χ1) is 13.1. The molecule has 0 fully saturated rings. The highest BCUT2D eigenvalue weighted by Gasteiger charge is 2.31. The second kappa shape index (κ2) is 7.24. The van der Waals surface area contributed by atoms with E-state index in [2.05, 4.69) is 18.2 Å². The van der Waals surface area contributed by atoms with Gasteiger partial charge in [0, 0.05) is 17.7 Å². The Kier molecular flexibility index (Phi) is 4.79. The van der Waals surface area contributed by atoms with Gasteiger partial charge in [0.1, 0.15) is 17.6 Å². The number of benzene rings is 2. The fraction of sp³-hybridized carbons (Fsp3) is 0.409. The second-order valence-electron chi connectivity index (χ2n) is 7.29. The predicted octanol–water partition coefficient (Wildman–Crippen LogP) is 2.81. The number of ether oxygens (including phenoxy) is 2. The number of aryl methyl sites for hydroxylation is 2. The maximum absolute atomic E-state index is 12.9. The predicted molar refractivity (Wildman–Crippen MR) is 102 cm³/mol. The average Bonchev–Trinajstić information content (AvgIpc) is 3.14. The van der Waals surface area contributed by atoms with E-state index in [0.717, 1.165) is 29.5 Å². The highest BCUT2D eigenvalue weighted by atomic mass is 16.5. The maximum Gasteiger partial charge on any atom is 0.227 e. The van der Waals surface area contributed by atoms with Gasteiger partial charge in [-0.15, -0.1) is 0 Å². The minimum absolute atomic E-state index is 0.0162. The van der Waals surface area contributed by atoms with Crippen LogP contribution < -0.4 is 9.47 Å². The van der Waals surface area contributed by atoms with Gasteiger partial charge >= 0.3 is 0 Å². The van der Waals surface area contributed by atoms with Gasteiger partial charge in [-0.25, -0.2) is 0 Å². The molecule has 2 aromatic rings. The summed E-state index contributed by atoms with van der Waals surface area (Å²) >= 11 is 0. The topological polar surface area (TPSA) is 59.0 Å². The van der Waals surface area contributed by atoms with Gasteiger partial charge in [-0.1, -0.05) is 18.2 Å². The molecule has 0 saturated carbocycles. The van der Waals surface area contributed by atoms with E-state index in [1.807, 2.05) is 6.07 Å². The van der Waals surface area contributed by atoms with Crippen LogP contribution in [-0.2, 0) is 30.6 Å². The van der Waals surface area contributed by atoms with Crippen LogP contribution in [0.1, 0.15) is 40.3 Å². The zero-order valence-electron chi connectivity index (χ0n) is 15.8. The van der Waals surface area contributed by atoms with Crippen molar-refractivity contribution in [2.24, 2.45) is 0 Å². The number of carbonyl (C=O) groups excluding carboxylic acids is 1. The number of amides is 1. The normalized spacial score (nSPS) is 18.0. The maximum atomic E-state index is 12.9. The van der Waals surface area contributed by atoms with Crippen LogP contribution in [0.3, 0.4) is 0 Å². The number of β-amino-alcohol motifs (C(OH)–C–C–N with tert-alkyl or cyclic N) is 1. The SMILES string of the molecule is COc1ccc(OC)c2c1CN(C(=O)Cc1ccc3c(c1)CCC3)CC2O. The van der Waals surface area contributed by atoms with E-state index in [0.29, 0.717) is 24.5 Å². The summed E-state index contributed by atoms with van der Waals surface area (Å²) in [6.45, 7) is 0.677. The molecular weight excluding hydrogens is 342 g/mol. The van der Waals surface area contributed by atoms with Crippen molar-refractivity contribution in [3.8, 4) is 11.5 Å². The Labute approximate surface area is 159 Å². The Bertz CT molecular complexity index is 877. The van der Waals surface area contributed by atoms with Gasteiger partial charge in [-0.3, -0.25) is 4.79 Å². The first-order valence-electron chi connectivity index (χ1n) is 9.41.